The van der Waals surface area contributed by atoms with E-state index in [-0.39, 0.29) is 18.2 Å². The first kappa shape index (κ1) is 17.3. The summed E-state index contributed by atoms with van der Waals surface area (Å²) < 4.78 is 5.15. The van der Waals surface area contributed by atoms with Gasteiger partial charge in [0.15, 0.2) is 0 Å². The molecular weight excluding hydrogens is 340 g/mol. The number of methoxy groups -OCH3 is 1. The number of carbonyl (C=O) groups is 2. The van der Waals surface area contributed by atoms with Gasteiger partial charge in [-0.05, 0) is 36.8 Å². The van der Waals surface area contributed by atoms with Crippen LogP contribution in [0, 0.1) is 12.8 Å². The summed E-state index contributed by atoms with van der Waals surface area (Å²) in [7, 11) is 1.57. The van der Waals surface area contributed by atoms with Crippen molar-refractivity contribution in [2.45, 2.75) is 13.3 Å². The van der Waals surface area contributed by atoms with Crippen molar-refractivity contribution >= 4 is 34.8 Å². The average Bonchev–Trinajstić information content (AvgIpc) is 2.99. The topological polar surface area (TPSA) is 58.6 Å². The molecule has 2 aromatic carbocycles. The highest BCUT2D eigenvalue weighted by Gasteiger charge is 2.35. The molecule has 0 aliphatic carbocycles. The summed E-state index contributed by atoms with van der Waals surface area (Å²) in [4.78, 5) is 26.4. The normalized spacial score (nSPS) is 16.8. The first-order valence-corrected chi connectivity index (χ1v) is 8.37. The van der Waals surface area contributed by atoms with E-state index in [4.69, 9.17) is 16.3 Å². The Bertz CT molecular complexity index is 822. The lowest BCUT2D eigenvalue weighted by atomic mass is 10.1. The van der Waals surface area contributed by atoms with E-state index in [1.165, 1.54) is 0 Å². The zero-order valence-corrected chi connectivity index (χ0v) is 14.8. The number of hydrogen-bond acceptors (Lipinski definition) is 3. The molecule has 0 bridgehead atoms. The van der Waals surface area contributed by atoms with Gasteiger partial charge in [0, 0.05) is 35.4 Å². The molecule has 0 spiro atoms. The zero-order valence-electron chi connectivity index (χ0n) is 14.1. The van der Waals surface area contributed by atoms with Crippen LogP contribution in [0.4, 0.5) is 11.4 Å². The molecule has 1 aliphatic rings. The number of halogens is 1. The summed E-state index contributed by atoms with van der Waals surface area (Å²) in [6.07, 6.45) is 0.182. The van der Waals surface area contributed by atoms with Crippen LogP contribution in [0.2, 0.25) is 5.02 Å². The molecule has 2 amide bonds. The van der Waals surface area contributed by atoms with Crippen LogP contribution in [0.3, 0.4) is 0 Å². The highest BCUT2D eigenvalue weighted by molar-refractivity contribution is 6.31. The van der Waals surface area contributed by atoms with Crippen LogP contribution in [-0.4, -0.2) is 25.5 Å². The lowest BCUT2D eigenvalue weighted by Gasteiger charge is -2.17. The zero-order chi connectivity index (χ0) is 18.0. The second-order valence-electron chi connectivity index (χ2n) is 6.06. The number of aryl methyl sites for hydroxylation is 1. The predicted octanol–water partition coefficient (Wildman–Crippen LogP) is 3.65. The van der Waals surface area contributed by atoms with E-state index in [2.05, 4.69) is 5.32 Å². The van der Waals surface area contributed by atoms with Crippen LogP contribution < -0.4 is 15.0 Å². The van der Waals surface area contributed by atoms with Gasteiger partial charge in [0.2, 0.25) is 11.8 Å². The first-order valence-electron chi connectivity index (χ1n) is 7.99. The molecule has 0 unspecified atom stereocenters. The van der Waals surface area contributed by atoms with E-state index in [0.717, 1.165) is 11.3 Å². The Morgan fingerprint density at radius 1 is 1.28 bits per heavy atom. The number of amides is 2. The number of anilines is 2. The maximum Gasteiger partial charge on any atom is 0.229 e. The summed E-state index contributed by atoms with van der Waals surface area (Å²) in [6.45, 7) is 2.25. The Balaban J connectivity index is 1.70. The van der Waals surface area contributed by atoms with Crippen molar-refractivity contribution in [2.75, 3.05) is 23.9 Å². The smallest absolute Gasteiger partial charge is 0.229 e. The fourth-order valence-corrected chi connectivity index (χ4v) is 3.00. The quantitative estimate of drug-likeness (QED) is 0.907. The molecule has 1 N–H and O–H groups in total. The number of nitrogens with one attached hydrogen (secondary N) is 1. The standard InChI is InChI=1S/C19H19ClN2O3/c1-12-6-7-15(10-17(12)20)22-11-13(8-18(22)23)19(24)21-14-4-3-5-16(9-14)25-2/h3-7,9-10,13H,8,11H2,1-2H3,(H,21,24)/t13-/m1/s1. The number of ether oxygens (including phenoxy) is 1. The van der Waals surface area contributed by atoms with Gasteiger partial charge in [-0.1, -0.05) is 23.7 Å². The number of hydrogen-bond donors (Lipinski definition) is 1. The molecule has 0 aromatic heterocycles. The lowest BCUT2D eigenvalue weighted by Crippen LogP contribution is -2.28. The van der Waals surface area contributed by atoms with Crippen LogP contribution in [0.1, 0.15) is 12.0 Å². The number of benzene rings is 2. The van der Waals surface area contributed by atoms with Crippen LogP contribution >= 0.6 is 11.6 Å². The second kappa shape index (κ2) is 7.15. The SMILES string of the molecule is COc1cccc(NC(=O)[C@@H]2CC(=O)N(c3ccc(C)c(Cl)c3)C2)c1. The first-order chi connectivity index (χ1) is 12.0. The fraction of sp³-hybridized carbons (Fsp3) is 0.263. The minimum absolute atomic E-state index is 0.0780. The van der Waals surface area contributed by atoms with Gasteiger partial charge in [0.25, 0.3) is 0 Å². The molecule has 5 nitrogen and oxygen atoms in total. The Morgan fingerprint density at radius 3 is 2.80 bits per heavy atom. The van der Waals surface area contributed by atoms with Crippen molar-refractivity contribution in [1.29, 1.82) is 0 Å². The molecule has 0 saturated carbocycles. The van der Waals surface area contributed by atoms with Gasteiger partial charge >= 0.3 is 0 Å². The van der Waals surface area contributed by atoms with E-state index in [1.54, 1.807) is 42.3 Å². The third-order valence-corrected chi connectivity index (χ3v) is 4.71. The summed E-state index contributed by atoms with van der Waals surface area (Å²) in [5.74, 6) is 0.00280. The Morgan fingerprint density at radius 2 is 2.08 bits per heavy atom. The molecular formula is C19H19ClN2O3. The average molecular weight is 359 g/mol. The van der Waals surface area contributed by atoms with E-state index in [1.807, 2.05) is 19.1 Å². The van der Waals surface area contributed by atoms with Crippen molar-refractivity contribution in [2.24, 2.45) is 5.92 Å². The maximum absolute atomic E-state index is 12.5. The molecule has 1 saturated heterocycles. The van der Waals surface area contributed by atoms with Gasteiger partial charge in [-0.25, -0.2) is 0 Å². The van der Waals surface area contributed by atoms with Crippen LogP contribution in [0.15, 0.2) is 42.5 Å². The Labute approximate surface area is 151 Å². The molecule has 1 heterocycles. The third kappa shape index (κ3) is 3.77. The van der Waals surface area contributed by atoms with Gasteiger partial charge in [0.05, 0.1) is 13.0 Å². The predicted molar refractivity (Wildman–Crippen MR) is 98.3 cm³/mol. The highest BCUT2D eigenvalue weighted by Crippen LogP contribution is 2.29. The Kier molecular flexibility index (Phi) is 4.95. The molecule has 3 rings (SSSR count). The molecule has 25 heavy (non-hydrogen) atoms. The molecule has 1 atom stereocenters. The van der Waals surface area contributed by atoms with E-state index in [0.29, 0.717) is 23.0 Å². The molecule has 1 fully saturated rings. The largest absolute Gasteiger partial charge is 0.497 e. The summed E-state index contributed by atoms with van der Waals surface area (Å²) >= 11 is 6.15. The fourth-order valence-electron chi connectivity index (χ4n) is 2.83. The maximum atomic E-state index is 12.5. The molecule has 6 heteroatoms. The van der Waals surface area contributed by atoms with Crippen molar-refractivity contribution in [1.82, 2.24) is 0 Å². The van der Waals surface area contributed by atoms with Gasteiger partial charge in [0.1, 0.15) is 5.75 Å². The Hall–Kier alpha value is -2.53. The van der Waals surface area contributed by atoms with E-state index >= 15 is 0 Å². The minimum atomic E-state index is -0.404. The molecule has 0 radical (unpaired) electrons. The number of rotatable bonds is 4. The van der Waals surface area contributed by atoms with E-state index < -0.39 is 5.92 Å². The van der Waals surface area contributed by atoms with E-state index in [9.17, 15) is 9.59 Å². The molecule has 1 aliphatic heterocycles. The third-order valence-electron chi connectivity index (χ3n) is 4.30. The van der Waals surface area contributed by atoms with Crippen molar-refractivity contribution in [3.05, 3.63) is 53.1 Å². The van der Waals surface area contributed by atoms with Gasteiger partial charge in [-0.2, -0.15) is 0 Å². The molecule has 130 valence electrons. The van der Waals surface area contributed by atoms with Gasteiger partial charge < -0.3 is 15.0 Å². The van der Waals surface area contributed by atoms with Crippen molar-refractivity contribution in [3.63, 3.8) is 0 Å². The summed E-state index contributed by atoms with van der Waals surface area (Å²) in [5, 5.41) is 3.45. The summed E-state index contributed by atoms with van der Waals surface area (Å²) in [6, 6.07) is 12.6. The van der Waals surface area contributed by atoms with Gasteiger partial charge in [-0.15, -0.1) is 0 Å². The van der Waals surface area contributed by atoms with Crippen LogP contribution in [0.25, 0.3) is 0 Å². The van der Waals surface area contributed by atoms with Gasteiger partial charge in [-0.3, -0.25) is 9.59 Å². The molecule has 2 aromatic rings. The minimum Gasteiger partial charge on any atom is -0.497 e. The monoisotopic (exact) mass is 358 g/mol. The number of nitrogens with zero attached hydrogens (tertiary/aromatic N) is 1. The van der Waals surface area contributed by atoms with Crippen molar-refractivity contribution in [3.8, 4) is 5.75 Å². The summed E-state index contributed by atoms with van der Waals surface area (Å²) in [5.41, 5.74) is 2.32. The second-order valence-corrected chi connectivity index (χ2v) is 6.47. The van der Waals surface area contributed by atoms with Crippen molar-refractivity contribution < 1.29 is 14.3 Å². The lowest BCUT2D eigenvalue weighted by molar-refractivity contribution is -0.122. The number of carbonyl (C=O) groups excluding carboxylic acids is 2. The van der Waals surface area contributed by atoms with Crippen LogP contribution in [-0.2, 0) is 9.59 Å². The van der Waals surface area contributed by atoms with Crippen LogP contribution in [0.5, 0.6) is 5.75 Å². The highest BCUT2D eigenvalue weighted by atomic mass is 35.5.